The maximum Gasteiger partial charge on any atom is 0.229 e. The highest BCUT2D eigenvalue weighted by molar-refractivity contribution is 6.34. The van der Waals surface area contributed by atoms with E-state index in [1.807, 2.05) is 24.3 Å². The fourth-order valence-corrected chi connectivity index (χ4v) is 5.69. The molecule has 3 aliphatic rings. The van der Waals surface area contributed by atoms with Crippen LogP contribution in [0.15, 0.2) is 47.2 Å². The molecule has 2 aromatic heterocycles. The summed E-state index contributed by atoms with van der Waals surface area (Å²) in [5, 5.41) is 15.9. The number of carbonyl (C=O) groups is 1. The molecule has 4 unspecified atom stereocenters. The van der Waals surface area contributed by atoms with Crippen LogP contribution in [-0.4, -0.2) is 71.9 Å². The number of carbonyl (C=O) groups excluding carboxylic acids is 1. The summed E-state index contributed by atoms with van der Waals surface area (Å²) < 4.78 is 11.0. The number of piperazine rings is 1. The lowest BCUT2D eigenvalue weighted by Crippen LogP contribution is -2.60. The lowest BCUT2D eigenvalue weighted by Gasteiger charge is -2.45. The predicted molar refractivity (Wildman–Crippen MR) is 134 cm³/mol. The Morgan fingerprint density at radius 2 is 2.06 bits per heavy atom. The number of nitrogens with zero attached hydrogens (tertiary/aromatic N) is 3. The minimum atomic E-state index is -0.468. The highest BCUT2D eigenvalue weighted by Gasteiger charge is 2.46. The second-order valence-corrected chi connectivity index (χ2v) is 10.4. The summed E-state index contributed by atoms with van der Waals surface area (Å²) in [6, 6.07) is 9.68. The highest BCUT2D eigenvalue weighted by Crippen LogP contribution is 2.48. The van der Waals surface area contributed by atoms with Gasteiger partial charge < -0.3 is 24.5 Å². The Bertz CT molecular complexity index is 1240. The van der Waals surface area contributed by atoms with Gasteiger partial charge in [0.2, 0.25) is 5.91 Å². The fraction of sp³-hybridized carbons (Fsp3) is 0.462. The molecule has 184 valence electrons. The lowest BCUT2D eigenvalue weighted by atomic mass is 9.95. The quantitative estimate of drug-likeness (QED) is 0.558. The van der Waals surface area contributed by atoms with E-state index in [1.165, 1.54) is 0 Å². The van der Waals surface area contributed by atoms with Crippen molar-refractivity contribution in [2.75, 3.05) is 49.6 Å². The summed E-state index contributed by atoms with van der Waals surface area (Å²) in [5.74, 6) is 1.43. The molecule has 1 saturated carbocycles. The van der Waals surface area contributed by atoms with Gasteiger partial charge >= 0.3 is 0 Å². The Morgan fingerprint density at radius 1 is 1.23 bits per heavy atom. The Labute approximate surface area is 208 Å². The van der Waals surface area contributed by atoms with Gasteiger partial charge in [-0.3, -0.25) is 9.69 Å². The molecule has 0 radical (unpaired) electrons. The van der Waals surface area contributed by atoms with Crippen LogP contribution in [0.4, 0.5) is 11.5 Å². The van der Waals surface area contributed by atoms with Gasteiger partial charge in [0, 0.05) is 49.6 Å². The monoisotopic (exact) mass is 496 g/mol. The molecule has 2 N–H and O–H groups in total. The number of hydrogen-bond donors (Lipinski definition) is 2. The number of aliphatic hydroxyl groups is 1. The molecule has 1 aliphatic carbocycles. The van der Waals surface area contributed by atoms with E-state index in [-0.39, 0.29) is 23.3 Å². The number of aromatic nitrogens is 1. The number of pyridine rings is 1. The van der Waals surface area contributed by atoms with Crippen molar-refractivity contribution in [3.63, 3.8) is 0 Å². The Hall–Kier alpha value is -2.65. The Balaban J connectivity index is 1.15. The Morgan fingerprint density at radius 3 is 2.77 bits per heavy atom. The van der Waals surface area contributed by atoms with Crippen molar-refractivity contribution < 1.29 is 19.1 Å². The zero-order valence-corrected chi connectivity index (χ0v) is 20.4. The van der Waals surface area contributed by atoms with Crippen LogP contribution in [0.5, 0.6) is 0 Å². The first-order chi connectivity index (χ1) is 16.9. The molecule has 4 heterocycles. The van der Waals surface area contributed by atoms with Crippen LogP contribution in [0.25, 0.3) is 10.8 Å². The SMILES string of the molecule is CC1(N2CCN(c3cc4cc(NC(=O)C5CC5c5ccco5)ncc4cc3Cl)CC2)COCC1O. The molecule has 1 amide bonds. The summed E-state index contributed by atoms with van der Waals surface area (Å²) in [6.45, 7) is 6.27. The second kappa shape index (κ2) is 8.78. The van der Waals surface area contributed by atoms with E-state index in [4.69, 9.17) is 20.8 Å². The van der Waals surface area contributed by atoms with Crippen molar-refractivity contribution >= 4 is 39.8 Å². The zero-order chi connectivity index (χ0) is 24.2. The molecule has 4 atom stereocenters. The summed E-state index contributed by atoms with van der Waals surface area (Å²) in [6.07, 6.45) is 3.71. The number of hydrogen-bond acceptors (Lipinski definition) is 7. The minimum Gasteiger partial charge on any atom is -0.469 e. The lowest BCUT2D eigenvalue weighted by molar-refractivity contribution is -0.117. The van der Waals surface area contributed by atoms with E-state index in [1.54, 1.807) is 12.5 Å². The zero-order valence-electron chi connectivity index (χ0n) is 19.6. The average molecular weight is 497 g/mol. The summed E-state index contributed by atoms with van der Waals surface area (Å²) in [4.78, 5) is 21.7. The molecule has 0 bridgehead atoms. The topological polar surface area (TPSA) is 91.1 Å². The number of aliphatic hydroxyl groups excluding tert-OH is 1. The van der Waals surface area contributed by atoms with Crippen LogP contribution in [0.1, 0.15) is 25.0 Å². The molecule has 35 heavy (non-hydrogen) atoms. The molecule has 6 rings (SSSR count). The van der Waals surface area contributed by atoms with E-state index in [0.29, 0.717) is 24.1 Å². The smallest absolute Gasteiger partial charge is 0.229 e. The van der Waals surface area contributed by atoms with Gasteiger partial charge in [0.25, 0.3) is 0 Å². The molecule has 1 aromatic carbocycles. The number of anilines is 2. The predicted octanol–water partition coefficient (Wildman–Crippen LogP) is 3.50. The molecule has 9 heteroatoms. The normalized spacial score (nSPS) is 29.0. The van der Waals surface area contributed by atoms with Gasteiger partial charge in [-0.05, 0) is 49.1 Å². The van der Waals surface area contributed by atoms with Crippen LogP contribution in [0, 0.1) is 5.92 Å². The van der Waals surface area contributed by atoms with Crippen LogP contribution >= 0.6 is 11.6 Å². The number of ether oxygens (including phenoxy) is 1. The number of nitrogens with one attached hydrogen (secondary N) is 1. The van der Waals surface area contributed by atoms with Crippen LogP contribution in [0.2, 0.25) is 5.02 Å². The number of rotatable bonds is 5. The van der Waals surface area contributed by atoms with Crippen LogP contribution in [0.3, 0.4) is 0 Å². The van der Waals surface area contributed by atoms with Gasteiger partial charge in [0.05, 0.1) is 41.8 Å². The first-order valence-electron chi connectivity index (χ1n) is 12.1. The summed E-state index contributed by atoms with van der Waals surface area (Å²) >= 11 is 6.67. The molecule has 8 nitrogen and oxygen atoms in total. The third-order valence-electron chi connectivity index (χ3n) is 7.81. The molecule has 3 aromatic rings. The molecular weight excluding hydrogens is 468 g/mol. The van der Waals surface area contributed by atoms with E-state index in [9.17, 15) is 9.90 Å². The van der Waals surface area contributed by atoms with E-state index >= 15 is 0 Å². The largest absolute Gasteiger partial charge is 0.469 e. The highest BCUT2D eigenvalue weighted by atomic mass is 35.5. The van der Waals surface area contributed by atoms with E-state index in [0.717, 1.165) is 54.8 Å². The third kappa shape index (κ3) is 4.18. The molecule has 2 saturated heterocycles. The number of fused-ring (bicyclic) bond motifs is 1. The van der Waals surface area contributed by atoms with Crippen molar-refractivity contribution in [2.45, 2.75) is 30.9 Å². The molecule has 3 fully saturated rings. The van der Waals surface area contributed by atoms with Crippen molar-refractivity contribution in [3.05, 3.63) is 53.6 Å². The maximum absolute atomic E-state index is 12.7. The maximum atomic E-state index is 12.7. The third-order valence-corrected chi connectivity index (χ3v) is 8.11. The van der Waals surface area contributed by atoms with Gasteiger partial charge in [-0.2, -0.15) is 0 Å². The summed E-state index contributed by atoms with van der Waals surface area (Å²) in [5.41, 5.74) is 0.631. The first kappa shape index (κ1) is 22.8. The Kier molecular flexibility index (Phi) is 5.72. The molecule has 2 aliphatic heterocycles. The van der Waals surface area contributed by atoms with Crippen molar-refractivity contribution in [2.24, 2.45) is 5.92 Å². The number of amides is 1. The van der Waals surface area contributed by atoms with Crippen molar-refractivity contribution in [1.82, 2.24) is 9.88 Å². The first-order valence-corrected chi connectivity index (χ1v) is 12.5. The van der Waals surface area contributed by atoms with E-state index in [2.05, 4.69) is 33.1 Å². The van der Waals surface area contributed by atoms with Gasteiger partial charge in [0.1, 0.15) is 11.6 Å². The molecule has 0 spiro atoms. The standard InChI is InChI=1S/C26H29ClN4O4/c1-26(15-34-14-23(26)32)31-6-4-30(5-7-31)21-10-16-11-24(28-13-17(16)9-20(21)27)29-25(33)19-12-18(19)22-3-2-8-35-22/h2-3,8-11,13,18-19,23,32H,4-7,12,14-15H2,1H3,(H,28,29,33). The second-order valence-electron chi connectivity index (χ2n) is 10.0. The average Bonchev–Trinajstić information content (AvgIpc) is 3.32. The van der Waals surface area contributed by atoms with Gasteiger partial charge in [-0.15, -0.1) is 0 Å². The van der Waals surface area contributed by atoms with E-state index < -0.39 is 6.10 Å². The number of benzene rings is 1. The van der Waals surface area contributed by atoms with Crippen molar-refractivity contribution in [1.29, 1.82) is 0 Å². The van der Waals surface area contributed by atoms with Crippen LogP contribution in [-0.2, 0) is 9.53 Å². The summed E-state index contributed by atoms with van der Waals surface area (Å²) in [7, 11) is 0. The number of halogens is 1. The van der Waals surface area contributed by atoms with Crippen LogP contribution < -0.4 is 10.2 Å². The van der Waals surface area contributed by atoms with Crippen molar-refractivity contribution in [3.8, 4) is 0 Å². The number of furan rings is 1. The molecular formula is C26H29ClN4O4. The van der Waals surface area contributed by atoms with Gasteiger partial charge in [-0.25, -0.2) is 4.98 Å². The van der Waals surface area contributed by atoms with Gasteiger partial charge in [-0.1, -0.05) is 11.6 Å². The van der Waals surface area contributed by atoms with Gasteiger partial charge in [0.15, 0.2) is 0 Å². The fourth-order valence-electron chi connectivity index (χ4n) is 5.40. The minimum absolute atomic E-state index is 0.0323.